The van der Waals surface area contributed by atoms with E-state index in [1.54, 1.807) is 24.3 Å². The van der Waals surface area contributed by atoms with Crippen molar-refractivity contribution in [3.63, 3.8) is 0 Å². The number of allylic oxidation sites excluding steroid dienone is 2. The summed E-state index contributed by atoms with van der Waals surface area (Å²) < 4.78 is 5.26. The maximum absolute atomic E-state index is 10.7. The molecule has 1 aliphatic rings. The van der Waals surface area contributed by atoms with Crippen LogP contribution in [0.1, 0.15) is 11.7 Å². The molecule has 0 amide bonds. The lowest BCUT2D eigenvalue weighted by Crippen LogP contribution is -2.04. The molecular weight excluding hydrogens is 196 g/mol. The normalized spacial score (nSPS) is 18.5. The lowest BCUT2D eigenvalue weighted by atomic mass is 10.1. The molecule has 1 aromatic rings. The number of aromatic nitrogens is 1. The summed E-state index contributed by atoms with van der Waals surface area (Å²) in [6, 6.07) is 1.59. The zero-order valence-corrected chi connectivity index (χ0v) is 7.74. The van der Waals surface area contributed by atoms with Crippen LogP contribution >= 0.6 is 0 Å². The van der Waals surface area contributed by atoms with Crippen LogP contribution in [-0.4, -0.2) is 9.91 Å². The Morgan fingerprint density at radius 2 is 2.33 bits per heavy atom. The summed E-state index contributed by atoms with van der Waals surface area (Å²) in [7, 11) is 0. The Morgan fingerprint density at radius 3 is 3.00 bits per heavy atom. The second-order valence-electron chi connectivity index (χ2n) is 2.96. The highest BCUT2D eigenvalue weighted by atomic mass is 16.6. The van der Waals surface area contributed by atoms with Crippen molar-refractivity contribution in [2.75, 3.05) is 0 Å². The minimum absolute atomic E-state index is 0.0255. The van der Waals surface area contributed by atoms with Gasteiger partial charge in [-0.3, -0.25) is 15.1 Å². The van der Waals surface area contributed by atoms with Gasteiger partial charge in [0.2, 0.25) is 0 Å². The number of rotatable bonds is 2. The molecule has 0 fully saturated rings. The summed E-state index contributed by atoms with van der Waals surface area (Å²) >= 11 is 0. The van der Waals surface area contributed by atoms with E-state index in [1.165, 1.54) is 18.7 Å². The Morgan fingerprint density at radius 1 is 1.47 bits per heavy atom. The Kier molecular flexibility index (Phi) is 2.45. The van der Waals surface area contributed by atoms with Gasteiger partial charge in [0.05, 0.1) is 16.7 Å². The summed E-state index contributed by atoms with van der Waals surface area (Å²) in [6.07, 6.45) is 9.11. The average Bonchev–Trinajstić information content (AvgIpc) is 2.30. The van der Waals surface area contributed by atoms with Gasteiger partial charge >= 0.3 is 0 Å². The molecule has 0 aliphatic carbocycles. The topological polar surface area (TPSA) is 65.3 Å². The molecule has 0 aromatic carbocycles. The van der Waals surface area contributed by atoms with Crippen molar-refractivity contribution < 1.29 is 9.66 Å². The molecule has 2 rings (SSSR count). The second-order valence-corrected chi connectivity index (χ2v) is 2.96. The minimum atomic E-state index is -0.460. The van der Waals surface area contributed by atoms with Gasteiger partial charge in [0, 0.05) is 6.20 Å². The first-order valence-corrected chi connectivity index (χ1v) is 4.36. The van der Waals surface area contributed by atoms with Crippen molar-refractivity contribution in [1.82, 2.24) is 4.98 Å². The highest BCUT2D eigenvalue weighted by Crippen LogP contribution is 2.28. The zero-order valence-electron chi connectivity index (χ0n) is 7.74. The van der Waals surface area contributed by atoms with E-state index in [4.69, 9.17) is 4.74 Å². The third-order valence-corrected chi connectivity index (χ3v) is 2.04. The van der Waals surface area contributed by atoms with Crippen LogP contribution in [0.4, 0.5) is 5.69 Å². The molecule has 15 heavy (non-hydrogen) atoms. The van der Waals surface area contributed by atoms with Gasteiger partial charge in [-0.1, -0.05) is 6.08 Å². The molecule has 0 N–H and O–H groups in total. The molecular formula is C10H8N2O3. The molecule has 1 unspecified atom stereocenters. The lowest BCUT2D eigenvalue weighted by molar-refractivity contribution is -0.386. The maximum atomic E-state index is 10.7. The SMILES string of the molecule is O=[N+]([O-])c1cnccc1C1C=CC=CO1. The van der Waals surface area contributed by atoms with Crippen LogP contribution in [0, 0.1) is 10.1 Å². The van der Waals surface area contributed by atoms with E-state index < -0.39 is 11.0 Å². The number of pyridine rings is 1. The van der Waals surface area contributed by atoms with Crippen molar-refractivity contribution in [2.45, 2.75) is 6.10 Å². The number of nitro groups is 1. The highest BCUT2D eigenvalue weighted by molar-refractivity contribution is 5.41. The summed E-state index contributed by atoms with van der Waals surface area (Å²) in [5.41, 5.74) is 0.484. The van der Waals surface area contributed by atoms with Crippen LogP contribution in [-0.2, 0) is 4.74 Å². The summed E-state index contributed by atoms with van der Waals surface area (Å²) in [6.45, 7) is 0. The first-order valence-electron chi connectivity index (χ1n) is 4.36. The first-order chi connectivity index (χ1) is 7.29. The van der Waals surface area contributed by atoms with Crippen LogP contribution < -0.4 is 0 Å². The Labute approximate surface area is 85.9 Å². The van der Waals surface area contributed by atoms with Crippen molar-refractivity contribution in [2.24, 2.45) is 0 Å². The van der Waals surface area contributed by atoms with Gasteiger partial charge in [-0.2, -0.15) is 0 Å². The van der Waals surface area contributed by atoms with E-state index in [-0.39, 0.29) is 5.69 Å². The van der Waals surface area contributed by atoms with Crippen molar-refractivity contribution in [3.05, 3.63) is 58.6 Å². The predicted molar refractivity (Wildman–Crippen MR) is 53.0 cm³/mol. The van der Waals surface area contributed by atoms with E-state index in [9.17, 15) is 10.1 Å². The standard InChI is InChI=1S/C10H8N2O3/c13-12(14)9-7-11-5-4-8(9)10-3-1-2-6-15-10/h1-7,10H. The van der Waals surface area contributed by atoms with Gasteiger partial charge in [-0.25, -0.2) is 0 Å². The Hall–Kier alpha value is -2.17. The fourth-order valence-electron chi connectivity index (χ4n) is 1.35. The van der Waals surface area contributed by atoms with Crippen molar-refractivity contribution in [1.29, 1.82) is 0 Å². The number of nitrogens with zero attached hydrogens (tertiary/aromatic N) is 2. The second kappa shape index (κ2) is 3.91. The van der Waals surface area contributed by atoms with Gasteiger partial charge in [-0.15, -0.1) is 0 Å². The molecule has 0 spiro atoms. The van der Waals surface area contributed by atoms with Gasteiger partial charge < -0.3 is 4.74 Å². The summed E-state index contributed by atoms with van der Waals surface area (Å²) in [4.78, 5) is 14.0. The van der Waals surface area contributed by atoms with Crippen LogP contribution in [0.25, 0.3) is 0 Å². The molecule has 0 saturated heterocycles. The van der Waals surface area contributed by atoms with E-state index >= 15 is 0 Å². The minimum Gasteiger partial charge on any atom is -0.489 e. The Bertz CT molecular complexity index is 440. The fourth-order valence-corrected chi connectivity index (χ4v) is 1.35. The van der Waals surface area contributed by atoms with E-state index in [0.29, 0.717) is 5.56 Å². The van der Waals surface area contributed by atoms with E-state index in [1.807, 2.05) is 0 Å². The van der Waals surface area contributed by atoms with Crippen molar-refractivity contribution in [3.8, 4) is 0 Å². The third-order valence-electron chi connectivity index (χ3n) is 2.04. The number of hydrogen-bond donors (Lipinski definition) is 0. The monoisotopic (exact) mass is 204 g/mol. The molecule has 1 atom stereocenters. The predicted octanol–water partition coefficient (Wildman–Crippen LogP) is 2.13. The average molecular weight is 204 g/mol. The summed E-state index contributed by atoms with van der Waals surface area (Å²) in [5, 5.41) is 10.7. The lowest BCUT2D eigenvalue weighted by Gasteiger charge is -2.14. The molecule has 1 aliphatic heterocycles. The van der Waals surface area contributed by atoms with Gasteiger partial charge in [-0.05, 0) is 18.2 Å². The molecule has 2 heterocycles. The van der Waals surface area contributed by atoms with Crippen LogP contribution in [0.2, 0.25) is 0 Å². The van der Waals surface area contributed by atoms with Gasteiger partial charge in [0.25, 0.3) is 5.69 Å². The van der Waals surface area contributed by atoms with Crippen molar-refractivity contribution >= 4 is 5.69 Å². The van der Waals surface area contributed by atoms with Crippen LogP contribution in [0.5, 0.6) is 0 Å². The molecule has 5 heteroatoms. The largest absolute Gasteiger partial charge is 0.489 e. The van der Waals surface area contributed by atoms with Gasteiger partial charge in [0.1, 0.15) is 12.3 Å². The third kappa shape index (κ3) is 1.85. The molecule has 1 aromatic heterocycles. The van der Waals surface area contributed by atoms with Crippen LogP contribution in [0.3, 0.4) is 0 Å². The van der Waals surface area contributed by atoms with Crippen LogP contribution in [0.15, 0.2) is 43.0 Å². The molecule has 0 bridgehead atoms. The molecule has 76 valence electrons. The Balaban J connectivity index is 2.39. The fraction of sp³-hybridized carbons (Fsp3) is 0.100. The quantitative estimate of drug-likeness (QED) is 0.546. The number of hydrogen-bond acceptors (Lipinski definition) is 4. The first kappa shape index (κ1) is 9.39. The van der Waals surface area contributed by atoms with E-state index in [2.05, 4.69) is 4.98 Å². The smallest absolute Gasteiger partial charge is 0.294 e. The zero-order chi connectivity index (χ0) is 10.7. The summed E-state index contributed by atoms with van der Waals surface area (Å²) in [5.74, 6) is 0. The molecule has 0 radical (unpaired) electrons. The molecule has 0 saturated carbocycles. The number of ether oxygens (including phenoxy) is 1. The van der Waals surface area contributed by atoms with E-state index in [0.717, 1.165) is 0 Å². The van der Waals surface area contributed by atoms with Gasteiger partial charge in [0.15, 0.2) is 0 Å². The highest BCUT2D eigenvalue weighted by Gasteiger charge is 2.21. The molecule has 5 nitrogen and oxygen atoms in total. The maximum Gasteiger partial charge on any atom is 0.294 e.